The van der Waals surface area contributed by atoms with Crippen LogP contribution in [0.15, 0.2) is 59.0 Å². The van der Waals surface area contributed by atoms with Crippen molar-refractivity contribution in [2.75, 3.05) is 0 Å². The molecule has 0 N–H and O–H groups in total. The third kappa shape index (κ3) is 4.39. The molecule has 0 bridgehead atoms. The molecule has 0 fully saturated rings. The van der Waals surface area contributed by atoms with Gasteiger partial charge < -0.3 is 0 Å². The second-order valence-electron chi connectivity index (χ2n) is 5.14. The second-order valence-corrected chi connectivity index (χ2v) is 6.27. The Morgan fingerprint density at radius 1 is 1.37 bits per heavy atom. The van der Waals surface area contributed by atoms with Gasteiger partial charge >= 0.3 is 0 Å². The molecule has 2 rings (SSSR count). The van der Waals surface area contributed by atoms with Gasteiger partial charge in [-0.3, -0.25) is 4.79 Å². The summed E-state index contributed by atoms with van der Waals surface area (Å²) in [6.45, 7) is 6.12. The Hall–Kier alpha value is -1.28. The topological polar surface area (TPSA) is 17.1 Å². The fraction of sp³-hybridized carbons (Fsp3) is 0.353. The maximum Gasteiger partial charge on any atom is 0.197 e. The summed E-state index contributed by atoms with van der Waals surface area (Å²) >= 11 is 1.35. The van der Waals surface area contributed by atoms with E-state index in [0.29, 0.717) is 12.3 Å². The van der Waals surface area contributed by atoms with Crippen molar-refractivity contribution >= 4 is 16.9 Å². The smallest absolute Gasteiger partial charge is 0.197 e. The van der Waals surface area contributed by atoms with E-state index in [2.05, 4.69) is 19.6 Å². The van der Waals surface area contributed by atoms with Crippen LogP contribution in [-0.2, 0) is 4.79 Å². The van der Waals surface area contributed by atoms with Crippen molar-refractivity contribution in [1.29, 1.82) is 0 Å². The van der Waals surface area contributed by atoms with Gasteiger partial charge in [0.15, 0.2) is 5.12 Å². The van der Waals surface area contributed by atoms with Crippen LogP contribution >= 0.6 is 11.8 Å². The molecular weight excluding hydrogens is 252 g/mol. The molecule has 1 aliphatic rings. The zero-order chi connectivity index (χ0) is 13.7. The van der Waals surface area contributed by atoms with Gasteiger partial charge in [0.2, 0.25) is 0 Å². The van der Waals surface area contributed by atoms with Crippen LogP contribution in [0.1, 0.15) is 32.6 Å². The Kier molecular flexibility index (Phi) is 5.03. The highest BCUT2D eigenvalue weighted by Gasteiger charge is 2.16. The van der Waals surface area contributed by atoms with Gasteiger partial charge in [0, 0.05) is 11.3 Å². The molecule has 0 aliphatic heterocycles. The van der Waals surface area contributed by atoms with Gasteiger partial charge in [0.05, 0.1) is 0 Å². The van der Waals surface area contributed by atoms with Crippen LogP contribution in [0.5, 0.6) is 0 Å². The molecule has 0 spiro atoms. The minimum absolute atomic E-state index is 0.242. The Morgan fingerprint density at radius 2 is 2.11 bits per heavy atom. The number of rotatable bonds is 4. The number of carbonyl (C=O) groups excluding carboxylic acids is 1. The van der Waals surface area contributed by atoms with Crippen LogP contribution in [0.2, 0.25) is 0 Å². The maximum atomic E-state index is 12.0. The van der Waals surface area contributed by atoms with Gasteiger partial charge in [0.25, 0.3) is 0 Å². The highest BCUT2D eigenvalue weighted by molar-refractivity contribution is 8.13. The summed E-state index contributed by atoms with van der Waals surface area (Å²) in [6.07, 6.45) is 6.06. The van der Waals surface area contributed by atoms with E-state index < -0.39 is 0 Å². The summed E-state index contributed by atoms with van der Waals surface area (Å²) < 4.78 is 0. The van der Waals surface area contributed by atoms with E-state index in [1.807, 2.05) is 30.3 Å². The Bertz CT molecular complexity index is 487. The predicted octanol–water partition coefficient (Wildman–Crippen LogP) is 5.00. The summed E-state index contributed by atoms with van der Waals surface area (Å²) in [6, 6.07) is 9.86. The average molecular weight is 272 g/mol. The number of hydrogen-bond donors (Lipinski definition) is 0. The monoisotopic (exact) mass is 272 g/mol. The first-order chi connectivity index (χ1) is 9.15. The molecule has 1 aromatic rings. The molecule has 100 valence electrons. The van der Waals surface area contributed by atoms with Crippen molar-refractivity contribution < 1.29 is 4.79 Å². The van der Waals surface area contributed by atoms with Crippen LogP contribution in [0.3, 0.4) is 0 Å². The Labute approximate surface area is 119 Å². The summed E-state index contributed by atoms with van der Waals surface area (Å²) in [5, 5.41) is 0.242. The first-order valence-electron chi connectivity index (χ1n) is 6.74. The first-order valence-corrected chi connectivity index (χ1v) is 7.56. The molecule has 1 atom stereocenters. The van der Waals surface area contributed by atoms with Crippen LogP contribution in [0, 0.1) is 5.92 Å². The lowest BCUT2D eigenvalue weighted by Gasteiger charge is -2.21. The molecule has 0 saturated carbocycles. The van der Waals surface area contributed by atoms with E-state index in [9.17, 15) is 4.79 Å². The summed E-state index contributed by atoms with van der Waals surface area (Å²) in [4.78, 5) is 13.0. The largest absolute Gasteiger partial charge is 0.286 e. The minimum atomic E-state index is 0.242. The van der Waals surface area contributed by atoms with Crippen molar-refractivity contribution in [2.45, 2.75) is 37.5 Å². The van der Waals surface area contributed by atoms with Crippen molar-refractivity contribution in [1.82, 2.24) is 0 Å². The van der Waals surface area contributed by atoms with Crippen LogP contribution < -0.4 is 0 Å². The molecule has 0 saturated heterocycles. The number of benzene rings is 1. The predicted molar refractivity (Wildman–Crippen MR) is 82.2 cm³/mol. The van der Waals surface area contributed by atoms with Gasteiger partial charge in [-0.05, 0) is 44.2 Å². The van der Waals surface area contributed by atoms with E-state index in [1.165, 1.54) is 22.9 Å². The van der Waals surface area contributed by atoms with Gasteiger partial charge in [0.1, 0.15) is 0 Å². The molecule has 0 radical (unpaired) electrons. The van der Waals surface area contributed by atoms with Gasteiger partial charge in [-0.1, -0.05) is 53.8 Å². The third-order valence-corrected chi connectivity index (χ3v) is 4.43. The zero-order valence-corrected chi connectivity index (χ0v) is 12.2. The fourth-order valence-electron chi connectivity index (χ4n) is 2.34. The highest BCUT2D eigenvalue weighted by atomic mass is 32.2. The van der Waals surface area contributed by atoms with Gasteiger partial charge in [-0.2, -0.15) is 0 Å². The standard InChI is InChI=1S/C17H20OS/c1-13(2)15-10-8-14(9-11-15)12-17(18)19-16-6-4-3-5-7-16/h3-8,15H,1,9-12H2,2H3. The first kappa shape index (κ1) is 14.1. The Morgan fingerprint density at radius 3 is 2.68 bits per heavy atom. The van der Waals surface area contributed by atoms with Crippen molar-refractivity contribution in [3.05, 3.63) is 54.1 Å². The van der Waals surface area contributed by atoms with Crippen molar-refractivity contribution in [3.63, 3.8) is 0 Å². The van der Waals surface area contributed by atoms with Crippen LogP contribution in [-0.4, -0.2) is 5.12 Å². The molecule has 1 aromatic carbocycles. The van der Waals surface area contributed by atoms with E-state index in [1.54, 1.807) is 0 Å². The maximum absolute atomic E-state index is 12.0. The Balaban J connectivity index is 1.85. The molecule has 19 heavy (non-hydrogen) atoms. The average Bonchev–Trinajstić information content (AvgIpc) is 2.40. The SMILES string of the molecule is C=C(C)C1CC=C(CC(=O)Sc2ccccc2)CC1. The number of allylic oxidation sites excluding steroid dienone is 3. The molecule has 1 unspecified atom stereocenters. The quantitative estimate of drug-likeness (QED) is 0.567. The lowest BCUT2D eigenvalue weighted by molar-refractivity contribution is -0.110. The highest BCUT2D eigenvalue weighted by Crippen LogP contribution is 2.31. The van der Waals surface area contributed by atoms with Crippen LogP contribution in [0.4, 0.5) is 0 Å². The summed E-state index contributed by atoms with van der Waals surface area (Å²) in [5.41, 5.74) is 2.56. The lowest BCUT2D eigenvalue weighted by Crippen LogP contribution is -2.08. The molecule has 0 amide bonds. The molecule has 1 nitrogen and oxygen atoms in total. The van der Waals surface area contributed by atoms with E-state index in [0.717, 1.165) is 24.2 Å². The molecule has 1 aliphatic carbocycles. The lowest BCUT2D eigenvalue weighted by atomic mass is 9.85. The van der Waals surface area contributed by atoms with E-state index >= 15 is 0 Å². The van der Waals surface area contributed by atoms with Crippen molar-refractivity contribution in [3.8, 4) is 0 Å². The zero-order valence-electron chi connectivity index (χ0n) is 11.4. The minimum Gasteiger partial charge on any atom is -0.286 e. The van der Waals surface area contributed by atoms with Crippen LogP contribution in [0.25, 0.3) is 0 Å². The molecular formula is C17H20OS. The summed E-state index contributed by atoms with van der Waals surface area (Å²) in [7, 11) is 0. The van der Waals surface area contributed by atoms with Gasteiger partial charge in [-0.25, -0.2) is 0 Å². The fourth-order valence-corrected chi connectivity index (χ4v) is 3.15. The van der Waals surface area contributed by atoms with E-state index in [4.69, 9.17) is 0 Å². The number of thioether (sulfide) groups is 1. The normalized spacial score (nSPS) is 18.8. The number of hydrogen-bond acceptors (Lipinski definition) is 2. The summed E-state index contributed by atoms with van der Waals surface area (Å²) in [5.74, 6) is 0.612. The second kappa shape index (κ2) is 6.76. The molecule has 0 heterocycles. The van der Waals surface area contributed by atoms with Gasteiger partial charge in [-0.15, -0.1) is 0 Å². The van der Waals surface area contributed by atoms with E-state index in [-0.39, 0.29) is 5.12 Å². The molecule has 2 heteroatoms. The number of carbonyl (C=O) groups is 1. The molecule has 0 aromatic heterocycles. The third-order valence-electron chi connectivity index (χ3n) is 3.55. The van der Waals surface area contributed by atoms with Crippen molar-refractivity contribution in [2.24, 2.45) is 5.92 Å².